The molecule has 1 aliphatic heterocycles. The first kappa shape index (κ1) is 39.6. The Labute approximate surface area is 308 Å². The monoisotopic (exact) mass is 699 g/mol. The number of ketones is 2. The van der Waals surface area contributed by atoms with Gasteiger partial charge in [0.1, 0.15) is 11.9 Å². The van der Waals surface area contributed by atoms with E-state index in [1.165, 1.54) is 27.8 Å². The number of benzene rings is 2. The summed E-state index contributed by atoms with van der Waals surface area (Å²) in [6, 6.07) is 17.9. The lowest BCUT2D eigenvalue weighted by molar-refractivity contribution is -0.140. The van der Waals surface area contributed by atoms with Gasteiger partial charge < -0.3 is 14.6 Å². The highest BCUT2D eigenvalue weighted by Crippen LogP contribution is 2.40. The van der Waals surface area contributed by atoms with E-state index in [9.17, 15) is 14.7 Å². The zero-order valence-corrected chi connectivity index (χ0v) is 32.2. The third-order valence-electron chi connectivity index (χ3n) is 12.6. The molecule has 6 heteroatoms. The van der Waals surface area contributed by atoms with Gasteiger partial charge in [-0.25, -0.2) is 0 Å². The molecule has 2 aromatic carbocycles. The van der Waals surface area contributed by atoms with Crippen LogP contribution < -0.4 is 0 Å². The van der Waals surface area contributed by atoms with Gasteiger partial charge in [-0.15, -0.1) is 0 Å². The number of rotatable bonds is 15. The number of aliphatic hydroxyl groups is 1. The van der Waals surface area contributed by atoms with Gasteiger partial charge in [-0.2, -0.15) is 0 Å². The molecule has 2 fully saturated rings. The van der Waals surface area contributed by atoms with Gasteiger partial charge in [0.15, 0.2) is 5.78 Å². The van der Waals surface area contributed by atoms with Crippen molar-refractivity contribution in [2.75, 3.05) is 46.1 Å². The van der Waals surface area contributed by atoms with Crippen molar-refractivity contribution in [3.05, 3.63) is 76.4 Å². The molecule has 4 unspecified atom stereocenters. The molecule has 3 aliphatic rings. The maximum absolute atomic E-state index is 14.3. The highest BCUT2D eigenvalue weighted by atomic mass is 16.5. The number of ether oxygens (including phenoxy) is 2. The van der Waals surface area contributed by atoms with Crippen LogP contribution in [-0.2, 0) is 19.1 Å². The van der Waals surface area contributed by atoms with Gasteiger partial charge in [-0.05, 0) is 98.1 Å². The first-order valence-electron chi connectivity index (χ1n) is 20.1. The zero-order valence-electron chi connectivity index (χ0n) is 32.2. The largest absolute Gasteiger partial charge is 0.385 e. The zero-order chi connectivity index (χ0) is 36.4. The van der Waals surface area contributed by atoms with E-state index < -0.39 is 11.5 Å². The summed E-state index contributed by atoms with van der Waals surface area (Å²) in [5, 5.41) is 11.1. The van der Waals surface area contributed by atoms with E-state index in [2.05, 4.69) is 80.3 Å². The Morgan fingerprint density at radius 2 is 1.69 bits per heavy atom. The SMILES string of the molecule is CCOCC1=Cc2ccccc2[C@@H](c2cccc(C(CCN3CCOCC3)CC(=O)C3CCCCC(C(=O)C(O)C(C)(C)C(C)C)CC3)c2)CC1. The van der Waals surface area contributed by atoms with Crippen LogP contribution >= 0.6 is 0 Å². The highest BCUT2D eigenvalue weighted by molar-refractivity contribution is 5.86. The van der Waals surface area contributed by atoms with E-state index >= 15 is 0 Å². The fraction of sp³-hybridized carbons (Fsp3) is 0.644. The van der Waals surface area contributed by atoms with E-state index in [1.54, 1.807) is 0 Å². The number of carbonyl (C=O) groups excluding carboxylic acids is 2. The van der Waals surface area contributed by atoms with Gasteiger partial charge in [0.25, 0.3) is 0 Å². The molecule has 5 atom stereocenters. The van der Waals surface area contributed by atoms with Crippen molar-refractivity contribution >= 4 is 17.6 Å². The molecule has 2 aliphatic carbocycles. The first-order valence-corrected chi connectivity index (χ1v) is 20.1. The number of carbonyl (C=O) groups is 2. The van der Waals surface area contributed by atoms with Gasteiger partial charge >= 0.3 is 0 Å². The number of aliphatic hydroxyl groups excluding tert-OH is 1. The number of hydrogen-bond acceptors (Lipinski definition) is 6. The topological polar surface area (TPSA) is 76.1 Å². The second-order valence-electron chi connectivity index (χ2n) is 16.5. The summed E-state index contributed by atoms with van der Waals surface area (Å²) < 4.78 is 11.5. The normalized spacial score (nSPS) is 23.4. The van der Waals surface area contributed by atoms with Crippen molar-refractivity contribution in [2.45, 2.75) is 117 Å². The molecule has 1 N–H and O–H groups in total. The molecule has 0 bridgehead atoms. The molecular formula is C45H65NO5. The average Bonchev–Trinajstić information content (AvgIpc) is 3.31. The first-order chi connectivity index (χ1) is 24.6. The molecule has 0 amide bonds. The van der Waals surface area contributed by atoms with Gasteiger partial charge in [-0.3, -0.25) is 14.5 Å². The maximum atomic E-state index is 14.3. The molecule has 280 valence electrons. The van der Waals surface area contributed by atoms with Gasteiger partial charge in [0.05, 0.1) is 19.8 Å². The summed E-state index contributed by atoms with van der Waals surface area (Å²) in [6.45, 7) is 15.9. The van der Waals surface area contributed by atoms with Crippen LogP contribution in [0.5, 0.6) is 0 Å². The number of fused-ring (bicyclic) bond motifs is 1. The minimum atomic E-state index is -0.972. The van der Waals surface area contributed by atoms with Crippen molar-refractivity contribution in [3.63, 3.8) is 0 Å². The van der Waals surface area contributed by atoms with Crippen molar-refractivity contribution in [2.24, 2.45) is 23.2 Å². The fourth-order valence-electron chi connectivity index (χ4n) is 8.40. The molecular weight excluding hydrogens is 634 g/mol. The molecule has 0 spiro atoms. The second kappa shape index (κ2) is 18.9. The van der Waals surface area contributed by atoms with Crippen molar-refractivity contribution < 1.29 is 24.2 Å². The molecule has 0 radical (unpaired) electrons. The summed E-state index contributed by atoms with van der Waals surface area (Å²) in [5.74, 6) is 0.712. The van der Waals surface area contributed by atoms with Crippen molar-refractivity contribution in [3.8, 4) is 0 Å². The lowest BCUT2D eigenvalue weighted by Crippen LogP contribution is -2.43. The molecule has 2 aromatic rings. The van der Waals surface area contributed by atoms with Crippen LogP contribution in [0.4, 0.5) is 0 Å². The van der Waals surface area contributed by atoms with Crippen molar-refractivity contribution in [1.82, 2.24) is 4.90 Å². The average molecular weight is 700 g/mol. The van der Waals surface area contributed by atoms with E-state index in [0.29, 0.717) is 31.8 Å². The predicted octanol–water partition coefficient (Wildman–Crippen LogP) is 9.00. The Kier molecular flexibility index (Phi) is 14.7. The van der Waals surface area contributed by atoms with E-state index in [0.717, 1.165) is 84.2 Å². The Morgan fingerprint density at radius 3 is 2.43 bits per heavy atom. The second-order valence-corrected chi connectivity index (χ2v) is 16.5. The smallest absolute Gasteiger partial charge is 0.164 e. The molecule has 1 heterocycles. The molecule has 0 aromatic heterocycles. The minimum Gasteiger partial charge on any atom is -0.385 e. The fourth-order valence-corrected chi connectivity index (χ4v) is 8.40. The number of morpholine rings is 1. The van der Waals surface area contributed by atoms with Crippen LogP contribution in [0.25, 0.3) is 6.08 Å². The van der Waals surface area contributed by atoms with Crippen LogP contribution in [-0.4, -0.2) is 73.7 Å². The Morgan fingerprint density at radius 1 is 0.961 bits per heavy atom. The third-order valence-corrected chi connectivity index (χ3v) is 12.6. The molecule has 6 nitrogen and oxygen atoms in total. The van der Waals surface area contributed by atoms with E-state index in [4.69, 9.17) is 9.47 Å². The molecule has 1 saturated heterocycles. The summed E-state index contributed by atoms with van der Waals surface area (Å²) in [5.41, 5.74) is 6.10. The van der Waals surface area contributed by atoms with Crippen molar-refractivity contribution in [1.29, 1.82) is 0 Å². The minimum absolute atomic E-state index is 0.0256. The number of Topliss-reactive ketones (excluding diaryl/α,β-unsaturated/α-hetero) is 2. The number of nitrogens with zero attached hydrogens (tertiary/aromatic N) is 1. The summed E-state index contributed by atoms with van der Waals surface area (Å²) in [6.07, 6.45) is 9.87. The summed E-state index contributed by atoms with van der Waals surface area (Å²) >= 11 is 0. The van der Waals surface area contributed by atoms with Gasteiger partial charge in [0.2, 0.25) is 0 Å². The highest BCUT2D eigenvalue weighted by Gasteiger charge is 2.39. The molecule has 51 heavy (non-hydrogen) atoms. The maximum Gasteiger partial charge on any atom is 0.164 e. The lowest BCUT2D eigenvalue weighted by Gasteiger charge is -2.36. The Balaban J connectivity index is 1.33. The van der Waals surface area contributed by atoms with Gasteiger partial charge in [-0.1, -0.05) is 95.1 Å². The Bertz CT molecular complexity index is 1460. The van der Waals surface area contributed by atoms with Crippen LogP contribution in [0.1, 0.15) is 133 Å². The predicted molar refractivity (Wildman–Crippen MR) is 207 cm³/mol. The summed E-state index contributed by atoms with van der Waals surface area (Å²) in [7, 11) is 0. The van der Waals surface area contributed by atoms with Gasteiger partial charge in [0, 0.05) is 49.3 Å². The van der Waals surface area contributed by atoms with Crippen LogP contribution in [0.15, 0.2) is 54.1 Å². The quantitative estimate of drug-likeness (QED) is 0.200. The van der Waals surface area contributed by atoms with Crippen LogP contribution in [0, 0.1) is 23.2 Å². The Hall–Kier alpha value is -2.64. The standard InChI is InChI=1S/C45H65NO5/c1-6-50-31-33-18-21-41(40-17-10-9-14-38(40)28-33)39-16-11-15-36(29-39)37(22-23-46-24-26-51-27-25-46)30-42(47)34-12-7-8-13-35(20-19-34)43(48)44(49)45(4,5)32(2)3/h9-11,14-17,28-29,32,34-35,37,41,44,49H,6-8,12-13,18-27,30-31H2,1-5H3/t34?,35?,37?,41-,44?/m1/s1. The van der Waals surface area contributed by atoms with E-state index in [-0.39, 0.29) is 35.4 Å². The summed E-state index contributed by atoms with van der Waals surface area (Å²) in [4.78, 5) is 30.3. The molecule has 5 rings (SSSR count). The van der Waals surface area contributed by atoms with E-state index in [1.807, 2.05) is 13.8 Å². The lowest BCUT2D eigenvalue weighted by atomic mass is 9.71. The third kappa shape index (κ3) is 10.5. The van der Waals surface area contributed by atoms with Crippen LogP contribution in [0.3, 0.4) is 0 Å². The molecule has 1 saturated carbocycles. The van der Waals surface area contributed by atoms with Crippen LogP contribution in [0.2, 0.25) is 0 Å². The number of hydrogen-bond donors (Lipinski definition) is 1.